The van der Waals surface area contributed by atoms with Crippen LogP contribution in [0.15, 0.2) is 36.0 Å². The summed E-state index contributed by atoms with van der Waals surface area (Å²) in [5.74, 6) is 0.123. The van der Waals surface area contributed by atoms with Gasteiger partial charge >= 0.3 is 0 Å². The average Bonchev–Trinajstić information content (AvgIpc) is 3.38. The fourth-order valence-corrected chi connectivity index (χ4v) is 4.95. The standard InChI is InChI=1S/C26H42N2O5/c1-16(6-9-21-13-26(20(5)33-26)14-22(15-27)32-21)7-10-24-17(2)12-23(19(4)31-24)28-25(30)11-8-18(3)29/h6-9,11,17-24,29H,10,12-15,27H2,1-5H3,(H,28,30)/b9-6+,11-8-,16-7+/t17-,18-,19+,20+,21+,22-,23+,24-,26+/m0/s1. The maximum atomic E-state index is 12.1. The molecule has 3 rings (SSSR count). The number of aliphatic hydroxyl groups excluding tert-OH is 1. The number of nitrogens with one attached hydrogen (secondary N) is 1. The number of ether oxygens (including phenoxy) is 3. The normalized spacial score (nSPS) is 40.5. The van der Waals surface area contributed by atoms with Crippen LogP contribution >= 0.6 is 0 Å². The monoisotopic (exact) mass is 462 g/mol. The van der Waals surface area contributed by atoms with Crippen LogP contribution in [-0.2, 0) is 19.0 Å². The summed E-state index contributed by atoms with van der Waals surface area (Å²) in [4.78, 5) is 12.1. The second-order valence-electron chi connectivity index (χ2n) is 10.1. The molecule has 3 aliphatic heterocycles. The summed E-state index contributed by atoms with van der Waals surface area (Å²) in [7, 11) is 0. The molecule has 0 bridgehead atoms. The van der Waals surface area contributed by atoms with E-state index in [4.69, 9.17) is 19.9 Å². The number of epoxide rings is 1. The minimum absolute atomic E-state index is 0.0257. The zero-order valence-corrected chi connectivity index (χ0v) is 20.7. The predicted octanol–water partition coefficient (Wildman–Crippen LogP) is 2.78. The number of rotatable bonds is 8. The van der Waals surface area contributed by atoms with Gasteiger partial charge in [-0.2, -0.15) is 0 Å². The molecule has 3 saturated heterocycles. The number of hydrogen-bond acceptors (Lipinski definition) is 6. The summed E-state index contributed by atoms with van der Waals surface area (Å²) in [5, 5.41) is 12.3. The van der Waals surface area contributed by atoms with Crippen molar-refractivity contribution in [3.8, 4) is 0 Å². The van der Waals surface area contributed by atoms with Gasteiger partial charge in [-0.3, -0.25) is 4.79 Å². The minimum Gasteiger partial charge on any atom is -0.389 e. The molecule has 4 N–H and O–H groups in total. The summed E-state index contributed by atoms with van der Waals surface area (Å²) in [6.45, 7) is 10.5. The highest BCUT2D eigenvalue weighted by molar-refractivity contribution is 5.87. The number of hydrogen-bond donors (Lipinski definition) is 3. The molecule has 7 nitrogen and oxygen atoms in total. The van der Waals surface area contributed by atoms with E-state index < -0.39 is 6.10 Å². The zero-order valence-electron chi connectivity index (χ0n) is 20.7. The lowest BCUT2D eigenvalue weighted by atomic mass is 9.87. The summed E-state index contributed by atoms with van der Waals surface area (Å²) >= 11 is 0. The smallest absolute Gasteiger partial charge is 0.244 e. The van der Waals surface area contributed by atoms with Crippen LogP contribution in [0.4, 0.5) is 0 Å². The fraction of sp³-hybridized carbons (Fsp3) is 0.731. The van der Waals surface area contributed by atoms with E-state index in [9.17, 15) is 9.90 Å². The molecule has 0 saturated carbocycles. The molecular weight excluding hydrogens is 420 g/mol. The van der Waals surface area contributed by atoms with E-state index in [0.29, 0.717) is 12.5 Å². The van der Waals surface area contributed by atoms with Crippen molar-refractivity contribution >= 4 is 5.91 Å². The van der Waals surface area contributed by atoms with Gasteiger partial charge in [0.05, 0.1) is 48.3 Å². The van der Waals surface area contributed by atoms with Crippen LogP contribution in [0.1, 0.15) is 60.3 Å². The lowest BCUT2D eigenvalue weighted by Crippen LogP contribution is -2.50. The van der Waals surface area contributed by atoms with Gasteiger partial charge < -0.3 is 30.4 Å². The lowest BCUT2D eigenvalue weighted by molar-refractivity contribution is -0.123. The highest BCUT2D eigenvalue weighted by Gasteiger charge is 2.57. The summed E-state index contributed by atoms with van der Waals surface area (Å²) in [6.07, 6.45) is 12.6. The Morgan fingerprint density at radius 2 is 1.97 bits per heavy atom. The molecule has 0 radical (unpaired) electrons. The van der Waals surface area contributed by atoms with Crippen molar-refractivity contribution in [2.45, 2.75) is 109 Å². The van der Waals surface area contributed by atoms with E-state index in [2.05, 4.69) is 44.3 Å². The molecular formula is C26H42N2O5. The number of amides is 1. The van der Waals surface area contributed by atoms with Crippen molar-refractivity contribution in [2.24, 2.45) is 11.7 Å². The summed E-state index contributed by atoms with van der Waals surface area (Å²) in [6, 6.07) is -0.0364. The lowest BCUT2D eigenvalue weighted by Gasteiger charge is -2.39. The number of allylic oxidation sites excluding steroid dienone is 2. The molecule has 3 aliphatic rings. The first kappa shape index (κ1) is 26.1. The fourth-order valence-electron chi connectivity index (χ4n) is 4.95. The molecule has 186 valence electrons. The van der Waals surface area contributed by atoms with Gasteiger partial charge in [0, 0.05) is 25.5 Å². The van der Waals surface area contributed by atoms with E-state index in [1.165, 1.54) is 17.7 Å². The van der Waals surface area contributed by atoms with Crippen LogP contribution in [0.2, 0.25) is 0 Å². The highest BCUT2D eigenvalue weighted by atomic mass is 16.6. The van der Waals surface area contributed by atoms with E-state index in [1.807, 2.05) is 6.92 Å². The summed E-state index contributed by atoms with van der Waals surface area (Å²) < 4.78 is 18.2. The maximum absolute atomic E-state index is 12.1. The average molecular weight is 463 g/mol. The van der Waals surface area contributed by atoms with Crippen LogP contribution in [0.3, 0.4) is 0 Å². The van der Waals surface area contributed by atoms with E-state index in [0.717, 1.165) is 25.7 Å². The van der Waals surface area contributed by atoms with Gasteiger partial charge in [-0.05, 0) is 46.5 Å². The third kappa shape index (κ3) is 7.23. The minimum atomic E-state index is -0.637. The van der Waals surface area contributed by atoms with Gasteiger partial charge in [0.25, 0.3) is 0 Å². The Balaban J connectivity index is 1.48. The Bertz CT molecular complexity index is 764. The first-order valence-corrected chi connectivity index (χ1v) is 12.3. The molecule has 7 heteroatoms. The third-order valence-electron chi connectivity index (χ3n) is 7.16. The number of carbonyl (C=O) groups excluding carboxylic acids is 1. The van der Waals surface area contributed by atoms with Crippen molar-refractivity contribution < 1.29 is 24.1 Å². The molecule has 33 heavy (non-hydrogen) atoms. The van der Waals surface area contributed by atoms with E-state index >= 15 is 0 Å². The topological polar surface area (TPSA) is 106 Å². The molecule has 0 aromatic carbocycles. The van der Waals surface area contributed by atoms with Gasteiger partial charge in [0.15, 0.2) is 0 Å². The number of carbonyl (C=O) groups is 1. The van der Waals surface area contributed by atoms with Gasteiger partial charge in [-0.1, -0.05) is 36.8 Å². The van der Waals surface area contributed by atoms with Crippen LogP contribution in [-0.4, -0.2) is 65.8 Å². The van der Waals surface area contributed by atoms with Crippen molar-refractivity contribution in [3.05, 3.63) is 36.0 Å². The van der Waals surface area contributed by atoms with Crippen molar-refractivity contribution in [1.82, 2.24) is 5.32 Å². The Hall–Kier alpha value is -1.51. The molecule has 1 spiro atoms. The molecule has 1 amide bonds. The van der Waals surface area contributed by atoms with Gasteiger partial charge in [-0.25, -0.2) is 0 Å². The van der Waals surface area contributed by atoms with Crippen molar-refractivity contribution in [3.63, 3.8) is 0 Å². The number of aliphatic hydroxyl groups is 1. The van der Waals surface area contributed by atoms with E-state index in [-0.39, 0.29) is 48.1 Å². The highest BCUT2D eigenvalue weighted by Crippen LogP contribution is 2.48. The molecule has 3 heterocycles. The second-order valence-corrected chi connectivity index (χ2v) is 10.1. The Labute approximate surface area is 198 Å². The van der Waals surface area contributed by atoms with Gasteiger partial charge in [0.1, 0.15) is 0 Å². The van der Waals surface area contributed by atoms with Gasteiger partial charge in [-0.15, -0.1) is 0 Å². The van der Waals surface area contributed by atoms with E-state index in [1.54, 1.807) is 6.92 Å². The van der Waals surface area contributed by atoms with Crippen LogP contribution in [0.25, 0.3) is 0 Å². The predicted molar refractivity (Wildman–Crippen MR) is 129 cm³/mol. The molecule has 3 fully saturated rings. The Morgan fingerprint density at radius 3 is 2.61 bits per heavy atom. The van der Waals surface area contributed by atoms with Crippen molar-refractivity contribution in [1.29, 1.82) is 0 Å². The molecule has 0 aromatic rings. The van der Waals surface area contributed by atoms with Crippen LogP contribution in [0.5, 0.6) is 0 Å². The first-order valence-electron chi connectivity index (χ1n) is 12.3. The maximum Gasteiger partial charge on any atom is 0.244 e. The second kappa shape index (κ2) is 11.3. The third-order valence-corrected chi connectivity index (χ3v) is 7.16. The van der Waals surface area contributed by atoms with Gasteiger partial charge in [0.2, 0.25) is 5.91 Å². The van der Waals surface area contributed by atoms with Crippen LogP contribution in [0, 0.1) is 5.92 Å². The summed E-state index contributed by atoms with van der Waals surface area (Å²) in [5.41, 5.74) is 7.00. The van der Waals surface area contributed by atoms with Crippen LogP contribution < -0.4 is 11.1 Å². The molecule has 0 unspecified atom stereocenters. The zero-order chi connectivity index (χ0) is 24.2. The van der Waals surface area contributed by atoms with Crippen molar-refractivity contribution in [2.75, 3.05) is 6.54 Å². The molecule has 0 aliphatic carbocycles. The SMILES string of the molecule is CC(/C=C/[C@@H]1C[C@]2(C[C@@H](CN)O1)O[C@@H]2C)=C\C[C@@H]1O[C@H](C)[C@H](NC(=O)/C=C\[C@H](C)O)C[C@@H]1C. The largest absolute Gasteiger partial charge is 0.389 e. The first-order chi connectivity index (χ1) is 15.6. The Kier molecular flexibility index (Phi) is 8.92. The Morgan fingerprint density at radius 1 is 1.24 bits per heavy atom. The quantitative estimate of drug-likeness (QED) is 0.291. The molecule has 9 atom stereocenters. The number of nitrogens with two attached hydrogens (primary N) is 1. The molecule has 0 aromatic heterocycles.